The molecule has 1 aromatic rings. The van der Waals surface area contributed by atoms with Crippen LogP contribution in [-0.2, 0) is 4.79 Å². The maximum Gasteiger partial charge on any atom is 0.255 e. The van der Waals surface area contributed by atoms with Crippen molar-refractivity contribution in [2.24, 2.45) is 5.92 Å². The van der Waals surface area contributed by atoms with Crippen molar-refractivity contribution < 1.29 is 9.90 Å². The molecule has 1 fully saturated rings. The summed E-state index contributed by atoms with van der Waals surface area (Å²) in [5.74, 6) is 0.252. The van der Waals surface area contributed by atoms with E-state index in [1.165, 1.54) is 0 Å². The SMILES string of the molecule is O=C1NC2CCCC2C(O)=C1c1ccccc1. The van der Waals surface area contributed by atoms with Crippen LogP contribution in [0.5, 0.6) is 0 Å². The van der Waals surface area contributed by atoms with Gasteiger partial charge in [-0.3, -0.25) is 4.79 Å². The van der Waals surface area contributed by atoms with Gasteiger partial charge in [-0.25, -0.2) is 0 Å². The van der Waals surface area contributed by atoms with E-state index in [-0.39, 0.29) is 23.6 Å². The number of hydrogen-bond donors (Lipinski definition) is 2. The lowest BCUT2D eigenvalue weighted by Gasteiger charge is -2.28. The molecular formula is C14H15NO2. The van der Waals surface area contributed by atoms with Crippen LogP contribution in [0.15, 0.2) is 36.1 Å². The smallest absolute Gasteiger partial charge is 0.255 e. The van der Waals surface area contributed by atoms with E-state index < -0.39 is 0 Å². The molecule has 1 heterocycles. The molecule has 2 atom stereocenters. The monoisotopic (exact) mass is 229 g/mol. The normalized spacial score (nSPS) is 27.9. The van der Waals surface area contributed by atoms with Gasteiger partial charge in [0.25, 0.3) is 5.91 Å². The van der Waals surface area contributed by atoms with Crippen molar-refractivity contribution in [1.29, 1.82) is 0 Å². The molecule has 3 nitrogen and oxygen atoms in total. The van der Waals surface area contributed by atoms with Gasteiger partial charge in [-0.05, 0) is 18.4 Å². The standard InChI is InChI=1S/C14H15NO2/c16-13-10-7-4-8-11(10)15-14(17)12(13)9-5-2-1-3-6-9/h1-3,5-6,10-11,16H,4,7-8H2,(H,15,17). The minimum Gasteiger partial charge on any atom is -0.511 e. The van der Waals surface area contributed by atoms with Crippen molar-refractivity contribution in [3.63, 3.8) is 0 Å². The zero-order valence-electron chi connectivity index (χ0n) is 9.52. The molecule has 0 saturated heterocycles. The highest BCUT2D eigenvalue weighted by Crippen LogP contribution is 2.37. The van der Waals surface area contributed by atoms with Crippen molar-refractivity contribution in [2.75, 3.05) is 0 Å². The van der Waals surface area contributed by atoms with Crippen LogP contribution in [0.3, 0.4) is 0 Å². The van der Waals surface area contributed by atoms with E-state index in [1.807, 2.05) is 30.3 Å². The Hall–Kier alpha value is -1.77. The predicted molar refractivity (Wildman–Crippen MR) is 65.3 cm³/mol. The second-order valence-corrected chi connectivity index (χ2v) is 4.74. The van der Waals surface area contributed by atoms with Gasteiger partial charge in [0.15, 0.2) is 0 Å². The third-order valence-corrected chi connectivity index (χ3v) is 3.73. The van der Waals surface area contributed by atoms with E-state index in [1.54, 1.807) is 0 Å². The Morgan fingerprint density at radius 3 is 2.71 bits per heavy atom. The Morgan fingerprint density at radius 1 is 1.18 bits per heavy atom. The summed E-state index contributed by atoms with van der Waals surface area (Å²) in [6, 6.07) is 9.52. The number of carbonyl (C=O) groups excluding carboxylic acids is 1. The van der Waals surface area contributed by atoms with Crippen LogP contribution in [0.25, 0.3) is 5.57 Å². The summed E-state index contributed by atoms with van der Waals surface area (Å²) in [4.78, 5) is 12.0. The first kappa shape index (κ1) is 10.4. The molecule has 17 heavy (non-hydrogen) atoms. The molecule has 1 amide bonds. The molecule has 2 aliphatic rings. The lowest BCUT2D eigenvalue weighted by Crippen LogP contribution is -2.43. The van der Waals surface area contributed by atoms with Gasteiger partial charge >= 0.3 is 0 Å². The summed E-state index contributed by atoms with van der Waals surface area (Å²) >= 11 is 0. The lowest BCUT2D eigenvalue weighted by atomic mass is 9.89. The maximum absolute atomic E-state index is 12.0. The van der Waals surface area contributed by atoms with Gasteiger partial charge in [-0.15, -0.1) is 0 Å². The van der Waals surface area contributed by atoms with Gasteiger partial charge in [-0.2, -0.15) is 0 Å². The molecule has 1 aliphatic heterocycles. The van der Waals surface area contributed by atoms with Crippen LogP contribution in [0, 0.1) is 5.92 Å². The second-order valence-electron chi connectivity index (χ2n) is 4.74. The maximum atomic E-state index is 12.0. The van der Waals surface area contributed by atoms with Crippen molar-refractivity contribution in [2.45, 2.75) is 25.3 Å². The molecule has 0 radical (unpaired) electrons. The summed E-state index contributed by atoms with van der Waals surface area (Å²) < 4.78 is 0. The molecule has 1 aromatic carbocycles. The topological polar surface area (TPSA) is 49.3 Å². The highest BCUT2D eigenvalue weighted by atomic mass is 16.3. The number of aliphatic hydroxyl groups excluding tert-OH is 1. The number of nitrogens with one attached hydrogen (secondary N) is 1. The summed E-state index contributed by atoms with van der Waals surface area (Å²) in [6.07, 6.45) is 3.01. The van der Waals surface area contributed by atoms with Gasteiger partial charge in [0, 0.05) is 12.0 Å². The average Bonchev–Trinajstić information content (AvgIpc) is 2.78. The molecule has 0 bridgehead atoms. The number of fused-ring (bicyclic) bond motifs is 1. The van der Waals surface area contributed by atoms with Crippen LogP contribution in [0.2, 0.25) is 0 Å². The summed E-state index contributed by atoms with van der Waals surface area (Å²) in [6.45, 7) is 0. The first-order chi connectivity index (χ1) is 8.27. The van der Waals surface area contributed by atoms with Gasteiger partial charge in [0.05, 0.1) is 5.57 Å². The number of aliphatic hydroxyl groups is 1. The summed E-state index contributed by atoms with van der Waals surface area (Å²) in [5.41, 5.74) is 1.25. The van der Waals surface area contributed by atoms with E-state index in [9.17, 15) is 9.90 Å². The first-order valence-corrected chi connectivity index (χ1v) is 6.07. The number of carbonyl (C=O) groups is 1. The molecule has 2 N–H and O–H groups in total. The van der Waals surface area contributed by atoms with E-state index in [0.717, 1.165) is 24.8 Å². The molecule has 2 unspecified atom stereocenters. The molecule has 0 spiro atoms. The zero-order valence-corrected chi connectivity index (χ0v) is 9.52. The van der Waals surface area contributed by atoms with Crippen molar-refractivity contribution in [3.05, 3.63) is 41.7 Å². The van der Waals surface area contributed by atoms with Crippen LogP contribution in [-0.4, -0.2) is 17.1 Å². The van der Waals surface area contributed by atoms with E-state index in [4.69, 9.17) is 0 Å². The largest absolute Gasteiger partial charge is 0.511 e. The quantitative estimate of drug-likeness (QED) is 0.776. The molecule has 3 heteroatoms. The number of hydrogen-bond acceptors (Lipinski definition) is 2. The fraction of sp³-hybridized carbons (Fsp3) is 0.357. The Labute approximate surface area is 100 Å². The van der Waals surface area contributed by atoms with Gasteiger partial charge in [-0.1, -0.05) is 36.8 Å². The molecule has 1 saturated carbocycles. The van der Waals surface area contributed by atoms with Gasteiger partial charge in [0.1, 0.15) is 5.76 Å². The Kier molecular flexibility index (Phi) is 2.39. The Morgan fingerprint density at radius 2 is 1.94 bits per heavy atom. The minimum absolute atomic E-state index is 0.114. The summed E-state index contributed by atoms with van der Waals surface area (Å²) in [7, 11) is 0. The zero-order chi connectivity index (χ0) is 11.8. The number of rotatable bonds is 1. The average molecular weight is 229 g/mol. The van der Waals surface area contributed by atoms with Crippen LogP contribution in [0.4, 0.5) is 0 Å². The van der Waals surface area contributed by atoms with Crippen LogP contribution < -0.4 is 5.32 Å². The summed E-state index contributed by atoms with van der Waals surface area (Å²) in [5, 5.41) is 13.3. The fourth-order valence-corrected chi connectivity index (χ4v) is 2.89. The Bertz CT molecular complexity index is 478. The number of benzene rings is 1. The molecular weight excluding hydrogens is 214 g/mol. The minimum atomic E-state index is -0.142. The first-order valence-electron chi connectivity index (χ1n) is 6.07. The number of amides is 1. The molecule has 88 valence electrons. The van der Waals surface area contributed by atoms with E-state index >= 15 is 0 Å². The second kappa shape index (κ2) is 3.91. The van der Waals surface area contributed by atoms with Crippen molar-refractivity contribution >= 4 is 11.5 Å². The third kappa shape index (κ3) is 1.62. The predicted octanol–water partition coefficient (Wildman–Crippen LogP) is 2.25. The molecule has 0 aromatic heterocycles. The van der Waals surface area contributed by atoms with E-state index in [2.05, 4.69) is 5.32 Å². The highest BCUT2D eigenvalue weighted by Gasteiger charge is 2.39. The van der Waals surface area contributed by atoms with Gasteiger partial charge < -0.3 is 10.4 Å². The molecule has 3 rings (SSSR count). The van der Waals surface area contributed by atoms with Gasteiger partial charge in [0.2, 0.25) is 0 Å². The highest BCUT2D eigenvalue weighted by molar-refractivity contribution is 6.21. The fourth-order valence-electron chi connectivity index (χ4n) is 2.89. The third-order valence-electron chi connectivity index (χ3n) is 3.73. The van der Waals surface area contributed by atoms with Crippen molar-refractivity contribution in [3.8, 4) is 0 Å². The Balaban J connectivity index is 2.07. The molecule has 1 aliphatic carbocycles. The van der Waals surface area contributed by atoms with Crippen molar-refractivity contribution in [1.82, 2.24) is 5.32 Å². The van der Waals surface area contributed by atoms with Crippen LogP contribution >= 0.6 is 0 Å². The van der Waals surface area contributed by atoms with Crippen LogP contribution in [0.1, 0.15) is 24.8 Å². The van der Waals surface area contributed by atoms with E-state index in [0.29, 0.717) is 5.57 Å². The lowest BCUT2D eigenvalue weighted by molar-refractivity contribution is -0.117.